The number of hydrogen-bond donors (Lipinski definition) is 2. The van der Waals surface area contributed by atoms with Crippen molar-refractivity contribution < 1.29 is 9.94 Å². The summed E-state index contributed by atoms with van der Waals surface area (Å²) < 4.78 is 1.47. The summed E-state index contributed by atoms with van der Waals surface area (Å²) in [6, 6.07) is 1.57. The van der Waals surface area contributed by atoms with Gasteiger partial charge >= 0.3 is 0 Å². The first-order valence-corrected chi connectivity index (χ1v) is 3.48. The first kappa shape index (κ1) is 7.78. The third kappa shape index (κ3) is 1.39. The SMILES string of the molecule is CCNc1c(O)ccn1OC. The van der Waals surface area contributed by atoms with E-state index in [9.17, 15) is 5.11 Å². The van der Waals surface area contributed by atoms with Crippen LogP contribution in [0, 0.1) is 0 Å². The quantitative estimate of drug-likeness (QED) is 0.676. The number of anilines is 1. The molecule has 0 amide bonds. The zero-order chi connectivity index (χ0) is 8.27. The molecule has 11 heavy (non-hydrogen) atoms. The van der Waals surface area contributed by atoms with Gasteiger partial charge in [0.1, 0.15) is 7.11 Å². The highest BCUT2D eigenvalue weighted by Crippen LogP contribution is 2.22. The van der Waals surface area contributed by atoms with Crippen LogP contribution in [-0.2, 0) is 0 Å². The molecule has 0 bridgehead atoms. The fraction of sp³-hybridized carbons (Fsp3) is 0.429. The lowest BCUT2D eigenvalue weighted by Gasteiger charge is -2.07. The minimum atomic E-state index is 0.203. The number of hydrogen-bond acceptors (Lipinski definition) is 3. The molecule has 2 N–H and O–H groups in total. The van der Waals surface area contributed by atoms with E-state index in [-0.39, 0.29) is 5.75 Å². The van der Waals surface area contributed by atoms with Crippen LogP contribution in [0.2, 0.25) is 0 Å². The summed E-state index contributed by atoms with van der Waals surface area (Å²) >= 11 is 0. The summed E-state index contributed by atoms with van der Waals surface area (Å²) in [6.07, 6.45) is 1.65. The first-order chi connectivity index (χ1) is 5.29. The molecule has 1 heterocycles. The highest BCUT2D eigenvalue weighted by Gasteiger charge is 2.05. The van der Waals surface area contributed by atoms with Gasteiger partial charge in [0.25, 0.3) is 0 Å². The van der Waals surface area contributed by atoms with Gasteiger partial charge in [0.05, 0.1) is 0 Å². The minimum Gasteiger partial charge on any atom is -0.504 e. The topological polar surface area (TPSA) is 46.4 Å². The van der Waals surface area contributed by atoms with Gasteiger partial charge in [-0.1, -0.05) is 0 Å². The van der Waals surface area contributed by atoms with Crippen molar-refractivity contribution in [3.05, 3.63) is 12.3 Å². The Bertz CT molecular complexity index is 232. The van der Waals surface area contributed by atoms with Crippen molar-refractivity contribution in [3.63, 3.8) is 0 Å². The fourth-order valence-electron chi connectivity index (χ4n) is 0.893. The van der Waals surface area contributed by atoms with Crippen LogP contribution in [0.1, 0.15) is 6.92 Å². The van der Waals surface area contributed by atoms with Gasteiger partial charge in [0, 0.05) is 18.8 Å². The van der Waals surface area contributed by atoms with Gasteiger partial charge in [-0.3, -0.25) is 0 Å². The van der Waals surface area contributed by atoms with Crippen molar-refractivity contribution in [1.82, 2.24) is 4.73 Å². The number of aromatic hydroxyl groups is 1. The normalized spacial score (nSPS) is 9.64. The summed E-state index contributed by atoms with van der Waals surface area (Å²) in [5, 5.41) is 12.2. The maximum Gasteiger partial charge on any atom is 0.184 e. The van der Waals surface area contributed by atoms with Crippen LogP contribution in [-0.4, -0.2) is 23.5 Å². The van der Waals surface area contributed by atoms with E-state index in [0.717, 1.165) is 6.54 Å². The van der Waals surface area contributed by atoms with Gasteiger partial charge in [-0.15, -0.1) is 0 Å². The van der Waals surface area contributed by atoms with E-state index in [1.54, 1.807) is 19.4 Å². The van der Waals surface area contributed by atoms with E-state index in [2.05, 4.69) is 5.32 Å². The summed E-state index contributed by atoms with van der Waals surface area (Å²) in [6.45, 7) is 2.70. The Labute approximate surface area is 65.4 Å². The lowest BCUT2D eigenvalue weighted by molar-refractivity contribution is 0.172. The molecule has 1 rings (SSSR count). The molecule has 0 unspecified atom stereocenters. The van der Waals surface area contributed by atoms with E-state index in [1.807, 2.05) is 6.92 Å². The minimum absolute atomic E-state index is 0.203. The van der Waals surface area contributed by atoms with Gasteiger partial charge in [0.2, 0.25) is 0 Å². The van der Waals surface area contributed by atoms with Gasteiger partial charge in [-0.2, -0.15) is 4.73 Å². The molecule has 0 radical (unpaired) electrons. The predicted molar refractivity (Wildman–Crippen MR) is 42.8 cm³/mol. The maximum atomic E-state index is 9.23. The summed E-state index contributed by atoms with van der Waals surface area (Å²) in [5.74, 6) is 0.795. The summed E-state index contributed by atoms with van der Waals surface area (Å²) in [5.41, 5.74) is 0. The van der Waals surface area contributed by atoms with E-state index >= 15 is 0 Å². The van der Waals surface area contributed by atoms with Crippen molar-refractivity contribution >= 4 is 5.82 Å². The fourth-order valence-corrected chi connectivity index (χ4v) is 0.893. The second-order valence-corrected chi connectivity index (χ2v) is 2.09. The van der Waals surface area contributed by atoms with Crippen LogP contribution >= 0.6 is 0 Å². The molecule has 4 nitrogen and oxygen atoms in total. The molecule has 0 saturated heterocycles. The Morgan fingerprint density at radius 1 is 1.73 bits per heavy atom. The Morgan fingerprint density at radius 2 is 2.45 bits per heavy atom. The molecule has 0 saturated carbocycles. The molecule has 0 aliphatic heterocycles. The standard InChI is InChI=1S/C7H12N2O2/c1-3-8-7-6(10)4-5-9(7)11-2/h4-5,8,10H,3H2,1-2H3. The van der Waals surface area contributed by atoms with E-state index in [4.69, 9.17) is 4.84 Å². The average Bonchev–Trinajstić information content (AvgIpc) is 2.34. The van der Waals surface area contributed by atoms with Crippen LogP contribution in [0.4, 0.5) is 5.82 Å². The largest absolute Gasteiger partial charge is 0.504 e. The third-order valence-corrected chi connectivity index (χ3v) is 1.37. The number of nitrogens with one attached hydrogen (secondary N) is 1. The number of nitrogens with zero attached hydrogens (tertiary/aromatic N) is 1. The highest BCUT2D eigenvalue weighted by atomic mass is 16.6. The Morgan fingerprint density at radius 3 is 3.00 bits per heavy atom. The molecular formula is C7H12N2O2. The second-order valence-electron chi connectivity index (χ2n) is 2.09. The van der Waals surface area contributed by atoms with Crippen LogP contribution in [0.25, 0.3) is 0 Å². The zero-order valence-electron chi connectivity index (χ0n) is 6.66. The van der Waals surface area contributed by atoms with Crippen molar-refractivity contribution in [2.75, 3.05) is 19.0 Å². The second kappa shape index (κ2) is 3.18. The number of aromatic nitrogens is 1. The first-order valence-electron chi connectivity index (χ1n) is 3.48. The van der Waals surface area contributed by atoms with Crippen molar-refractivity contribution in [3.8, 4) is 5.75 Å². The molecule has 0 aliphatic carbocycles. The molecule has 0 aliphatic rings. The molecular weight excluding hydrogens is 144 g/mol. The van der Waals surface area contributed by atoms with Crippen molar-refractivity contribution in [1.29, 1.82) is 0 Å². The Hall–Kier alpha value is -1.32. The van der Waals surface area contributed by atoms with Crippen molar-refractivity contribution in [2.45, 2.75) is 6.92 Å². The van der Waals surface area contributed by atoms with Crippen LogP contribution in [0.3, 0.4) is 0 Å². The average molecular weight is 156 g/mol. The van der Waals surface area contributed by atoms with E-state index in [0.29, 0.717) is 5.82 Å². The Kier molecular flexibility index (Phi) is 2.25. The number of rotatable bonds is 3. The van der Waals surface area contributed by atoms with Gasteiger partial charge in [0.15, 0.2) is 11.6 Å². The monoisotopic (exact) mass is 156 g/mol. The molecule has 0 fully saturated rings. The zero-order valence-corrected chi connectivity index (χ0v) is 6.66. The van der Waals surface area contributed by atoms with Crippen molar-refractivity contribution in [2.24, 2.45) is 0 Å². The molecule has 4 heteroatoms. The summed E-state index contributed by atoms with van der Waals surface area (Å²) in [7, 11) is 1.54. The van der Waals surface area contributed by atoms with Gasteiger partial charge < -0.3 is 15.3 Å². The third-order valence-electron chi connectivity index (χ3n) is 1.37. The van der Waals surface area contributed by atoms with E-state index < -0.39 is 0 Å². The van der Waals surface area contributed by atoms with Crippen LogP contribution < -0.4 is 10.2 Å². The molecule has 62 valence electrons. The highest BCUT2D eigenvalue weighted by molar-refractivity contribution is 5.50. The lowest BCUT2D eigenvalue weighted by atomic mass is 10.5. The lowest BCUT2D eigenvalue weighted by Crippen LogP contribution is -2.09. The molecule has 1 aromatic rings. The van der Waals surface area contributed by atoms with Crippen LogP contribution in [0.5, 0.6) is 5.75 Å². The smallest absolute Gasteiger partial charge is 0.184 e. The van der Waals surface area contributed by atoms with Gasteiger partial charge in [-0.05, 0) is 6.92 Å². The van der Waals surface area contributed by atoms with Gasteiger partial charge in [-0.25, -0.2) is 0 Å². The molecule has 0 atom stereocenters. The summed E-state index contributed by atoms with van der Waals surface area (Å²) in [4.78, 5) is 4.91. The molecule has 1 aromatic heterocycles. The maximum absolute atomic E-state index is 9.23. The van der Waals surface area contributed by atoms with Crippen LogP contribution in [0.15, 0.2) is 12.3 Å². The van der Waals surface area contributed by atoms with E-state index in [1.165, 1.54) is 4.73 Å². The molecule has 0 spiro atoms. The predicted octanol–water partition coefficient (Wildman–Crippen LogP) is 0.684. The molecule has 0 aromatic carbocycles. The Balaban J connectivity index is 2.88.